The van der Waals surface area contributed by atoms with Gasteiger partial charge in [-0.2, -0.15) is 0 Å². The van der Waals surface area contributed by atoms with Crippen LogP contribution in [0.3, 0.4) is 0 Å². The molecule has 0 aliphatic carbocycles. The molecule has 0 unspecified atom stereocenters. The van der Waals surface area contributed by atoms with Gasteiger partial charge in [0.2, 0.25) is 5.13 Å². The summed E-state index contributed by atoms with van der Waals surface area (Å²) in [5, 5.41) is 9.62. The van der Waals surface area contributed by atoms with Crippen molar-refractivity contribution >= 4 is 48.5 Å². The number of sulfonamides is 1. The quantitative estimate of drug-likeness (QED) is 0.675. The first-order valence-corrected chi connectivity index (χ1v) is 9.89. The van der Waals surface area contributed by atoms with Gasteiger partial charge in [-0.3, -0.25) is 9.71 Å². The molecule has 9 heteroatoms. The Morgan fingerprint density at radius 1 is 1.12 bits per heavy atom. The van der Waals surface area contributed by atoms with Crippen molar-refractivity contribution in [2.24, 2.45) is 0 Å². The monoisotopic (exact) mass is 422 g/mol. The van der Waals surface area contributed by atoms with Gasteiger partial charge in [0.15, 0.2) is 5.01 Å². The highest BCUT2D eigenvalue weighted by Gasteiger charge is 2.12. The predicted molar refractivity (Wildman–Crippen MR) is 98.9 cm³/mol. The lowest BCUT2D eigenvalue weighted by atomic mass is 10.2. The minimum absolute atomic E-state index is 0.189. The molecule has 24 heavy (non-hydrogen) atoms. The summed E-state index contributed by atoms with van der Waals surface area (Å²) in [6, 6.07) is 12.7. The molecule has 0 aliphatic rings. The summed E-state index contributed by atoms with van der Waals surface area (Å²) in [5.74, 6) is 0. The van der Waals surface area contributed by atoms with Crippen LogP contribution in [0.25, 0.3) is 16.8 Å². The summed E-state index contributed by atoms with van der Waals surface area (Å²) in [5.41, 5.74) is 1.41. The van der Waals surface area contributed by atoms with E-state index in [1.165, 1.54) is 6.08 Å². The highest BCUT2D eigenvalue weighted by molar-refractivity contribution is 9.10. The van der Waals surface area contributed by atoms with Gasteiger partial charge in [0, 0.05) is 10.7 Å². The van der Waals surface area contributed by atoms with Crippen LogP contribution in [0.1, 0.15) is 5.56 Å². The lowest BCUT2D eigenvalue weighted by Gasteiger charge is -1.99. The number of hydrogen-bond donors (Lipinski definition) is 1. The average molecular weight is 423 g/mol. The summed E-state index contributed by atoms with van der Waals surface area (Å²) in [6.07, 6.45) is 3.15. The van der Waals surface area contributed by atoms with Gasteiger partial charge < -0.3 is 0 Å². The van der Waals surface area contributed by atoms with E-state index in [1.807, 2.05) is 24.3 Å². The van der Waals surface area contributed by atoms with Crippen LogP contribution in [0.5, 0.6) is 0 Å². The van der Waals surface area contributed by atoms with Gasteiger partial charge in [-0.15, -0.1) is 10.2 Å². The number of nitrogens with one attached hydrogen (secondary N) is 1. The van der Waals surface area contributed by atoms with Crippen molar-refractivity contribution in [1.29, 1.82) is 0 Å². The second-order valence-corrected chi connectivity index (χ2v) is 8.09. The summed E-state index contributed by atoms with van der Waals surface area (Å²) in [6.45, 7) is 0. The van der Waals surface area contributed by atoms with E-state index >= 15 is 0 Å². The molecule has 3 rings (SSSR count). The largest absolute Gasteiger partial charge is 0.256 e. The van der Waals surface area contributed by atoms with Crippen LogP contribution in [0, 0.1) is 0 Å². The van der Waals surface area contributed by atoms with Crippen LogP contribution in [0.4, 0.5) is 5.13 Å². The van der Waals surface area contributed by atoms with Gasteiger partial charge in [-0.25, -0.2) is 8.42 Å². The Labute approximate surface area is 151 Å². The Kier molecular flexibility index (Phi) is 5.03. The lowest BCUT2D eigenvalue weighted by molar-refractivity contribution is 0.609. The van der Waals surface area contributed by atoms with Gasteiger partial charge >= 0.3 is 0 Å². The van der Waals surface area contributed by atoms with Gasteiger partial charge in [0.25, 0.3) is 10.0 Å². The molecule has 1 aromatic carbocycles. The molecule has 2 heterocycles. The molecule has 3 aromatic rings. The molecule has 6 nitrogen and oxygen atoms in total. The maximum absolute atomic E-state index is 12.1. The van der Waals surface area contributed by atoms with E-state index in [1.54, 1.807) is 24.4 Å². The van der Waals surface area contributed by atoms with Crippen LogP contribution in [-0.2, 0) is 10.0 Å². The van der Waals surface area contributed by atoms with Crippen LogP contribution in [0.2, 0.25) is 0 Å². The van der Waals surface area contributed by atoms with Gasteiger partial charge in [-0.1, -0.05) is 45.5 Å². The number of halogens is 1. The maximum atomic E-state index is 12.1. The van der Waals surface area contributed by atoms with Crippen molar-refractivity contribution in [3.05, 3.63) is 64.1 Å². The van der Waals surface area contributed by atoms with Crippen LogP contribution < -0.4 is 4.72 Å². The zero-order valence-corrected chi connectivity index (χ0v) is 15.3. The Bertz CT molecular complexity index is 972. The highest BCUT2D eigenvalue weighted by Crippen LogP contribution is 2.25. The summed E-state index contributed by atoms with van der Waals surface area (Å²) in [7, 11) is -3.67. The van der Waals surface area contributed by atoms with Crippen molar-refractivity contribution in [3.63, 3.8) is 0 Å². The molecular weight excluding hydrogens is 412 g/mol. The predicted octanol–water partition coefficient (Wildman–Crippen LogP) is 3.78. The molecular formula is C15H11BrN4O2S2. The van der Waals surface area contributed by atoms with Gasteiger partial charge in [0.05, 0.1) is 5.41 Å². The SMILES string of the molecule is O=S(=O)(/C=C/c1cccc(Br)c1)Nc1nnc(-c2ccccn2)s1. The van der Waals surface area contributed by atoms with Crippen molar-refractivity contribution in [2.75, 3.05) is 4.72 Å². The molecule has 2 aromatic heterocycles. The first kappa shape index (κ1) is 16.7. The highest BCUT2D eigenvalue weighted by atomic mass is 79.9. The van der Waals surface area contributed by atoms with E-state index in [9.17, 15) is 8.42 Å². The molecule has 122 valence electrons. The third kappa shape index (κ3) is 4.47. The van der Waals surface area contributed by atoms with Gasteiger partial charge in [-0.05, 0) is 35.9 Å². The van der Waals surface area contributed by atoms with Crippen molar-refractivity contribution in [1.82, 2.24) is 15.2 Å². The fourth-order valence-corrected chi connectivity index (χ4v) is 3.98. The number of nitrogens with zero attached hydrogens (tertiary/aromatic N) is 3. The Balaban J connectivity index is 1.74. The number of benzene rings is 1. The van der Waals surface area contributed by atoms with E-state index in [-0.39, 0.29) is 5.13 Å². The van der Waals surface area contributed by atoms with Crippen LogP contribution in [0.15, 0.2) is 58.5 Å². The molecule has 1 N–H and O–H groups in total. The average Bonchev–Trinajstić information content (AvgIpc) is 3.02. The summed E-state index contributed by atoms with van der Waals surface area (Å²) in [4.78, 5) is 4.16. The Morgan fingerprint density at radius 3 is 2.75 bits per heavy atom. The molecule has 0 radical (unpaired) electrons. The Morgan fingerprint density at radius 2 is 2.00 bits per heavy atom. The smallest absolute Gasteiger partial charge is 0.254 e. The molecule has 0 saturated carbocycles. The van der Waals surface area contributed by atoms with Crippen molar-refractivity contribution < 1.29 is 8.42 Å². The number of anilines is 1. The van der Waals surface area contributed by atoms with Crippen LogP contribution >= 0.6 is 27.3 Å². The topological polar surface area (TPSA) is 84.8 Å². The second kappa shape index (κ2) is 7.20. The zero-order chi connectivity index (χ0) is 17.0. The van der Waals surface area contributed by atoms with E-state index in [0.717, 1.165) is 26.8 Å². The number of aromatic nitrogens is 3. The van der Waals surface area contributed by atoms with Gasteiger partial charge in [0.1, 0.15) is 5.69 Å². The second-order valence-electron chi connectivity index (χ2n) is 4.63. The zero-order valence-electron chi connectivity index (χ0n) is 12.1. The minimum Gasteiger partial charge on any atom is -0.254 e. The molecule has 0 fully saturated rings. The van der Waals surface area contributed by atoms with E-state index in [0.29, 0.717) is 10.7 Å². The van der Waals surface area contributed by atoms with Crippen molar-refractivity contribution in [3.8, 4) is 10.7 Å². The van der Waals surface area contributed by atoms with Crippen molar-refractivity contribution in [2.45, 2.75) is 0 Å². The molecule has 0 aliphatic heterocycles. The van der Waals surface area contributed by atoms with E-state index in [4.69, 9.17) is 0 Å². The van der Waals surface area contributed by atoms with E-state index < -0.39 is 10.0 Å². The summed E-state index contributed by atoms with van der Waals surface area (Å²) >= 11 is 4.46. The fourth-order valence-electron chi connectivity index (χ4n) is 1.79. The number of rotatable bonds is 5. The molecule has 0 spiro atoms. The standard InChI is InChI=1S/C15H11BrN4O2S2/c16-12-5-3-4-11(10-12)7-9-24(21,22)20-15-19-18-14(23-15)13-6-1-2-8-17-13/h1-10H,(H,19,20)/b9-7+. The van der Waals surface area contributed by atoms with E-state index in [2.05, 4.69) is 35.8 Å². The number of pyridine rings is 1. The maximum Gasteiger partial charge on any atom is 0.256 e. The molecule has 0 atom stereocenters. The minimum atomic E-state index is -3.67. The number of hydrogen-bond acceptors (Lipinski definition) is 6. The molecule has 0 saturated heterocycles. The van der Waals surface area contributed by atoms with Crippen LogP contribution in [-0.4, -0.2) is 23.6 Å². The third-order valence-electron chi connectivity index (χ3n) is 2.83. The Hall–Kier alpha value is -2.10. The fraction of sp³-hybridized carbons (Fsp3) is 0. The first-order valence-electron chi connectivity index (χ1n) is 6.73. The first-order chi connectivity index (χ1) is 11.5. The lowest BCUT2D eigenvalue weighted by Crippen LogP contribution is -2.08. The summed E-state index contributed by atoms with van der Waals surface area (Å²) < 4.78 is 27.5. The third-order valence-corrected chi connectivity index (χ3v) is 5.28. The molecule has 0 amide bonds. The molecule has 0 bridgehead atoms. The normalized spacial score (nSPS) is 11.7.